The predicted octanol–water partition coefficient (Wildman–Crippen LogP) is 4.68. The Morgan fingerprint density at radius 2 is 1.90 bits per heavy atom. The minimum atomic E-state index is -0.208. The maximum atomic E-state index is 6.26. The summed E-state index contributed by atoms with van der Waals surface area (Å²) in [7, 11) is 0. The largest absolute Gasteiger partial charge is 0.279 e. The van der Waals surface area contributed by atoms with Crippen molar-refractivity contribution in [2.24, 2.45) is 0 Å². The quantitative estimate of drug-likeness (QED) is 0.643. The number of aryl methyl sites for hydroxylation is 1. The molecular weight excluding hydrogens is 293 g/mol. The van der Waals surface area contributed by atoms with Crippen LogP contribution >= 0.6 is 23.2 Å². The Morgan fingerprint density at radius 1 is 1.20 bits per heavy atom. The third-order valence-corrected chi connectivity index (χ3v) is 3.55. The second-order valence-electron chi connectivity index (χ2n) is 4.75. The summed E-state index contributed by atoms with van der Waals surface area (Å²) in [6, 6.07) is 9.58. The molecule has 0 spiro atoms. The maximum Gasteiger partial charge on any atom is 0.164 e. The van der Waals surface area contributed by atoms with Gasteiger partial charge in [-0.3, -0.25) is 4.57 Å². The number of benzene rings is 1. The second kappa shape index (κ2) is 5.08. The van der Waals surface area contributed by atoms with Crippen molar-refractivity contribution >= 4 is 34.4 Å². The Bertz CT molecular complexity index is 761. The van der Waals surface area contributed by atoms with Crippen molar-refractivity contribution in [3.8, 4) is 5.69 Å². The molecule has 3 nitrogen and oxygen atoms in total. The molecule has 0 saturated carbocycles. The Morgan fingerprint density at radius 3 is 2.55 bits per heavy atom. The first-order valence-corrected chi connectivity index (χ1v) is 7.12. The lowest BCUT2D eigenvalue weighted by Crippen LogP contribution is -2.02. The van der Waals surface area contributed by atoms with Crippen molar-refractivity contribution in [3.63, 3.8) is 0 Å². The zero-order valence-corrected chi connectivity index (χ0v) is 12.7. The highest BCUT2D eigenvalue weighted by Gasteiger charge is 2.17. The minimum absolute atomic E-state index is 0.208. The van der Waals surface area contributed by atoms with Gasteiger partial charge >= 0.3 is 0 Å². The SMILES string of the molecule is Cc1cnc2c(c1)nc(C(C)Cl)n2-c1ccc(Cl)cc1. The fraction of sp³-hybridized carbons (Fsp3) is 0.200. The van der Waals surface area contributed by atoms with Gasteiger partial charge in [0.05, 0.1) is 5.38 Å². The Kier molecular flexibility index (Phi) is 3.40. The van der Waals surface area contributed by atoms with Crippen LogP contribution in [0.25, 0.3) is 16.9 Å². The Hall–Kier alpha value is -1.58. The number of aromatic nitrogens is 3. The van der Waals surface area contributed by atoms with E-state index in [1.807, 2.05) is 54.9 Å². The Balaban J connectivity index is 2.31. The van der Waals surface area contributed by atoms with Gasteiger partial charge in [0.25, 0.3) is 0 Å². The molecule has 3 aromatic rings. The van der Waals surface area contributed by atoms with Crippen molar-refractivity contribution in [1.82, 2.24) is 14.5 Å². The third-order valence-electron chi connectivity index (χ3n) is 3.10. The first-order chi connectivity index (χ1) is 9.56. The number of hydrogen-bond acceptors (Lipinski definition) is 2. The fourth-order valence-electron chi connectivity index (χ4n) is 2.19. The number of hydrogen-bond donors (Lipinski definition) is 0. The van der Waals surface area contributed by atoms with Gasteiger partial charge in [-0.1, -0.05) is 11.6 Å². The van der Waals surface area contributed by atoms with E-state index in [1.165, 1.54) is 0 Å². The molecule has 0 amide bonds. The van der Waals surface area contributed by atoms with E-state index in [-0.39, 0.29) is 5.38 Å². The molecule has 20 heavy (non-hydrogen) atoms. The summed E-state index contributed by atoms with van der Waals surface area (Å²) in [6.45, 7) is 3.90. The van der Waals surface area contributed by atoms with Crippen molar-refractivity contribution in [2.45, 2.75) is 19.2 Å². The van der Waals surface area contributed by atoms with E-state index in [2.05, 4.69) is 9.97 Å². The highest BCUT2D eigenvalue weighted by Crippen LogP contribution is 2.28. The van der Waals surface area contributed by atoms with E-state index in [9.17, 15) is 0 Å². The molecule has 2 aromatic heterocycles. The van der Waals surface area contributed by atoms with Crippen LogP contribution in [-0.2, 0) is 0 Å². The van der Waals surface area contributed by atoms with Crippen molar-refractivity contribution in [1.29, 1.82) is 0 Å². The average Bonchev–Trinajstić information content (AvgIpc) is 2.78. The van der Waals surface area contributed by atoms with E-state index in [4.69, 9.17) is 23.2 Å². The first-order valence-electron chi connectivity index (χ1n) is 6.31. The first kappa shape index (κ1) is 13.4. The van der Waals surface area contributed by atoms with Gasteiger partial charge in [0.15, 0.2) is 5.65 Å². The van der Waals surface area contributed by atoms with Gasteiger partial charge in [0.1, 0.15) is 11.3 Å². The van der Waals surface area contributed by atoms with Crippen LogP contribution in [0.15, 0.2) is 36.5 Å². The van der Waals surface area contributed by atoms with E-state index < -0.39 is 0 Å². The zero-order chi connectivity index (χ0) is 14.3. The van der Waals surface area contributed by atoms with Crippen LogP contribution in [0.3, 0.4) is 0 Å². The second-order valence-corrected chi connectivity index (χ2v) is 5.84. The van der Waals surface area contributed by atoms with Gasteiger partial charge in [-0.05, 0) is 49.7 Å². The molecule has 1 aromatic carbocycles. The summed E-state index contributed by atoms with van der Waals surface area (Å²) in [6.07, 6.45) is 1.83. The van der Waals surface area contributed by atoms with Gasteiger partial charge < -0.3 is 0 Å². The maximum absolute atomic E-state index is 6.26. The molecule has 0 aliphatic carbocycles. The van der Waals surface area contributed by atoms with Crippen LogP contribution in [-0.4, -0.2) is 14.5 Å². The number of nitrogens with zero attached hydrogens (tertiary/aromatic N) is 3. The standard InChI is InChI=1S/C15H13Cl2N3/c1-9-7-13-15(18-8-9)20(14(19-13)10(2)16)12-5-3-11(17)4-6-12/h3-8,10H,1-2H3. The molecule has 0 N–H and O–H groups in total. The number of alkyl halides is 1. The van der Waals surface area contributed by atoms with E-state index >= 15 is 0 Å². The smallest absolute Gasteiger partial charge is 0.164 e. The molecule has 1 unspecified atom stereocenters. The molecule has 0 radical (unpaired) electrons. The molecule has 1 atom stereocenters. The molecule has 5 heteroatoms. The lowest BCUT2D eigenvalue weighted by atomic mass is 10.3. The molecule has 0 aliphatic rings. The topological polar surface area (TPSA) is 30.7 Å². The average molecular weight is 306 g/mol. The van der Waals surface area contributed by atoms with E-state index in [0.717, 1.165) is 28.2 Å². The lowest BCUT2D eigenvalue weighted by Gasteiger charge is -2.10. The molecule has 0 aliphatic heterocycles. The summed E-state index contributed by atoms with van der Waals surface area (Å²) in [5, 5.41) is 0.489. The third kappa shape index (κ3) is 2.28. The van der Waals surface area contributed by atoms with Crippen LogP contribution in [0.1, 0.15) is 23.7 Å². The van der Waals surface area contributed by atoms with Crippen LogP contribution in [0.4, 0.5) is 0 Å². The normalized spacial score (nSPS) is 12.8. The van der Waals surface area contributed by atoms with Gasteiger partial charge in [0, 0.05) is 16.9 Å². The molecule has 3 rings (SSSR count). The van der Waals surface area contributed by atoms with Crippen LogP contribution in [0.2, 0.25) is 5.02 Å². The lowest BCUT2D eigenvalue weighted by molar-refractivity contribution is 0.877. The van der Waals surface area contributed by atoms with Crippen LogP contribution < -0.4 is 0 Å². The summed E-state index contributed by atoms with van der Waals surface area (Å²) in [5.41, 5.74) is 3.69. The van der Waals surface area contributed by atoms with Crippen molar-refractivity contribution in [3.05, 3.63) is 52.9 Å². The van der Waals surface area contributed by atoms with Crippen molar-refractivity contribution < 1.29 is 0 Å². The fourth-order valence-corrected chi connectivity index (χ4v) is 2.47. The molecular formula is C15H13Cl2N3. The highest BCUT2D eigenvalue weighted by atomic mass is 35.5. The van der Waals surface area contributed by atoms with Gasteiger partial charge in [-0.25, -0.2) is 9.97 Å². The van der Waals surface area contributed by atoms with Gasteiger partial charge in [-0.15, -0.1) is 11.6 Å². The minimum Gasteiger partial charge on any atom is -0.279 e. The molecule has 0 fully saturated rings. The number of rotatable bonds is 2. The summed E-state index contributed by atoms with van der Waals surface area (Å²) < 4.78 is 1.97. The number of pyridine rings is 1. The van der Waals surface area contributed by atoms with E-state index in [1.54, 1.807) is 0 Å². The number of fused-ring (bicyclic) bond motifs is 1. The van der Waals surface area contributed by atoms with Gasteiger partial charge in [-0.2, -0.15) is 0 Å². The molecule has 102 valence electrons. The van der Waals surface area contributed by atoms with Crippen LogP contribution in [0.5, 0.6) is 0 Å². The van der Waals surface area contributed by atoms with Gasteiger partial charge in [0.2, 0.25) is 0 Å². The molecule has 0 bridgehead atoms. The molecule has 0 saturated heterocycles. The number of imidazole rings is 1. The predicted molar refractivity (Wildman–Crippen MR) is 82.9 cm³/mol. The number of halogens is 2. The summed E-state index contributed by atoms with van der Waals surface area (Å²) in [4.78, 5) is 9.10. The zero-order valence-electron chi connectivity index (χ0n) is 11.1. The van der Waals surface area contributed by atoms with E-state index in [0.29, 0.717) is 5.02 Å². The summed E-state index contributed by atoms with van der Waals surface area (Å²) >= 11 is 12.2. The Labute approximate surface area is 127 Å². The summed E-state index contributed by atoms with van der Waals surface area (Å²) in [5.74, 6) is 0.780. The van der Waals surface area contributed by atoms with Crippen LogP contribution in [0, 0.1) is 6.92 Å². The molecule has 2 heterocycles. The highest BCUT2D eigenvalue weighted by molar-refractivity contribution is 6.30. The monoisotopic (exact) mass is 305 g/mol. The van der Waals surface area contributed by atoms with Crippen molar-refractivity contribution in [2.75, 3.05) is 0 Å².